The zero-order chi connectivity index (χ0) is 8.58. The van der Waals surface area contributed by atoms with Gasteiger partial charge >= 0.3 is 0 Å². The van der Waals surface area contributed by atoms with Crippen molar-refractivity contribution in [2.75, 3.05) is 21.1 Å². The molecule has 0 aliphatic heterocycles. The normalized spacial score (nSPS) is 17.1. The van der Waals surface area contributed by atoms with E-state index in [0.717, 1.165) is 0 Å². The van der Waals surface area contributed by atoms with E-state index in [2.05, 4.69) is 0 Å². The Balaban J connectivity index is 4.23. The van der Waals surface area contributed by atoms with E-state index < -0.39 is 10.0 Å². The van der Waals surface area contributed by atoms with Crippen LogP contribution in [0.15, 0.2) is 0 Å². The smallest absolute Gasteiger partial charge is 0.283 e. The second-order valence-corrected chi connectivity index (χ2v) is 4.80. The van der Waals surface area contributed by atoms with Gasteiger partial charge in [0.15, 0.2) is 0 Å². The highest BCUT2D eigenvalue weighted by atomic mass is 35.5. The quantitative estimate of drug-likeness (QED) is 0.412. The van der Waals surface area contributed by atoms with Crippen LogP contribution in [0.25, 0.3) is 0 Å². The van der Waals surface area contributed by atoms with Crippen LogP contribution in [-0.2, 0) is 0 Å². The zero-order valence-corrected chi connectivity index (χ0v) is 8.37. The van der Waals surface area contributed by atoms with Crippen LogP contribution in [0.2, 0.25) is 0 Å². The monoisotopic (exact) mass is 206 g/mol. The summed E-state index contributed by atoms with van der Waals surface area (Å²) in [5, 5.41) is 9.01. The first-order chi connectivity index (χ1) is 4.15. The summed E-state index contributed by atoms with van der Waals surface area (Å²) < 4.78 is -1.58. The van der Waals surface area contributed by atoms with Crippen molar-refractivity contribution in [1.82, 2.24) is 0 Å². The Kier molecular flexibility index (Phi) is 3.27. The topological polar surface area (TPSA) is 20.2 Å². The predicted octanol–water partition coefficient (Wildman–Crippen LogP) is 1.38. The van der Waals surface area contributed by atoms with Gasteiger partial charge in [-0.2, -0.15) is 0 Å². The summed E-state index contributed by atoms with van der Waals surface area (Å²) in [6.45, 7) is 0. The van der Waals surface area contributed by atoms with Gasteiger partial charge in [0.25, 0.3) is 4.52 Å². The van der Waals surface area contributed by atoms with E-state index in [1.165, 1.54) is 0 Å². The number of alkyl halides is 3. The molecular formula is C5H11Cl3NO+. The first-order valence-corrected chi connectivity index (χ1v) is 3.90. The third kappa shape index (κ3) is 3.26. The summed E-state index contributed by atoms with van der Waals surface area (Å²) in [6, 6.07) is 0. The molecule has 0 heterocycles. The van der Waals surface area contributed by atoms with Crippen LogP contribution in [0.3, 0.4) is 0 Å². The van der Waals surface area contributed by atoms with Crippen molar-refractivity contribution in [1.29, 1.82) is 0 Å². The van der Waals surface area contributed by atoms with E-state index in [1.807, 2.05) is 0 Å². The van der Waals surface area contributed by atoms with Crippen LogP contribution in [0.4, 0.5) is 0 Å². The van der Waals surface area contributed by atoms with Gasteiger partial charge in [0.1, 0.15) is 0 Å². The lowest BCUT2D eigenvalue weighted by Crippen LogP contribution is -2.50. The maximum atomic E-state index is 9.01. The van der Waals surface area contributed by atoms with Crippen molar-refractivity contribution < 1.29 is 9.59 Å². The molecule has 0 spiro atoms. The number of halogens is 3. The highest BCUT2D eigenvalue weighted by Crippen LogP contribution is 2.29. The number of hydrogen-bond donors (Lipinski definition) is 1. The predicted molar refractivity (Wildman–Crippen MR) is 44.3 cm³/mol. The van der Waals surface area contributed by atoms with Crippen LogP contribution >= 0.6 is 34.8 Å². The van der Waals surface area contributed by atoms with Gasteiger partial charge in [0, 0.05) is 0 Å². The molecule has 10 heavy (non-hydrogen) atoms. The first-order valence-electron chi connectivity index (χ1n) is 2.71. The van der Waals surface area contributed by atoms with E-state index in [9.17, 15) is 0 Å². The van der Waals surface area contributed by atoms with E-state index in [1.54, 1.807) is 21.1 Å². The average Bonchev–Trinajstić information content (AvgIpc) is 1.59. The van der Waals surface area contributed by atoms with Crippen molar-refractivity contribution in [3.63, 3.8) is 0 Å². The molecule has 5 heteroatoms. The number of rotatable bonds is 2. The minimum absolute atomic E-state index is 0.297. The van der Waals surface area contributed by atoms with E-state index in [4.69, 9.17) is 39.9 Å². The Labute approximate surface area is 75.9 Å². The molecule has 0 saturated heterocycles. The highest BCUT2D eigenvalue weighted by Gasteiger charge is 2.40. The van der Waals surface area contributed by atoms with Gasteiger partial charge in [0.05, 0.1) is 21.1 Å². The summed E-state index contributed by atoms with van der Waals surface area (Å²) in [6.07, 6.45) is 0. The van der Waals surface area contributed by atoms with E-state index in [-0.39, 0.29) is 0 Å². The molecule has 0 saturated carbocycles. The van der Waals surface area contributed by atoms with Crippen LogP contribution in [0.1, 0.15) is 0 Å². The van der Waals surface area contributed by atoms with E-state index >= 15 is 0 Å². The van der Waals surface area contributed by atoms with Gasteiger partial charge in [-0.05, 0) is 0 Å². The minimum Gasteiger partial charge on any atom is -0.357 e. The van der Waals surface area contributed by atoms with Crippen LogP contribution in [-0.4, -0.2) is 40.8 Å². The summed E-state index contributed by atoms with van der Waals surface area (Å²) in [4.78, 5) is 0. The van der Waals surface area contributed by atoms with Crippen molar-refractivity contribution >= 4 is 34.8 Å². The van der Waals surface area contributed by atoms with Gasteiger partial charge in [-0.1, -0.05) is 34.8 Å². The number of nitrogens with zero attached hydrogens (tertiary/aromatic N) is 1. The summed E-state index contributed by atoms with van der Waals surface area (Å²) in [7, 11) is 5.36. The van der Waals surface area contributed by atoms with E-state index in [0.29, 0.717) is 4.48 Å². The third-order valence-corrected chi connectivity index (χ3v) is 2.50. The standard InChI is InChI=1S/C5H11Cl3NO/c1-9(2,3)4(6)5(7,8)10/h4,10H,1-3H3/q+1. The maximum Gasteiger partial charge on any atom is 0.283 e. The number of hydrogen-bond acceptors (Lipinski definition) is 1. The largest absolute Gasteiger partial charge is 0.357 e. The molecule has 1 unspecified atom stereocenters. The SMILES string of the molecule is C[N+](C)(C)C(Cl)C(O)(Cl)Cl. The fraction of sp³-hybridized carbons (Fsp3) is 1.00. The molecule has 0 aromatic rings. The van der Waals surface area contributed by atoms with Crippen molar-refractivity contribution in [2.45, 2.75) is 10.0 Å². The first kappa shape index (κ1) is 10.8. The van der Waals surface area contributed by atoms with Crippen molar-refractivity contribution in [3.8, 4) is 0 Å². The second-order valence-electron chi connectivity index (χ2n) is 3.04. The average molecular weight is 208 g/mol. The minimum atomic E-state index is -1.88. The molecule has 0 amide bonds. The van der Waals surface area contributed by atoms with Gasteiger partial charge in [-0.15, -0.1) is 0 Å². The molecule has 0 aliphatic carbocycles. The highest BCUT2D eigenvalue weighted by molar-refractivity contribution is 6.50. The Hall–Kier alpha value is 0.790. The Bertz CT molecular complexity index is 101. The number of quaternary nitrogens is 1. The van der Waals surface area contributed by atoms with Gasteiger partial charge in [-0.25, -0.2) is 0 Å². The Morgan fingerprint density at radius 2 is 1.60 bits per heavy atom. The lowest BCUT2D eigenvalue weighted by atomic mass is 10.5. The molecule has 0 aromatic carbocycles. The number of likely N-dealkylation sites (N-methyl/N-ethyl adjacent to an activating group) is 1. The molecule has 1 atom stereocenters. The van der Waals surface area contributed by atoms with Gasteiger partial charge in [-0.3, -0.25) is 0 Å². The second kappa shape index (κ2) is 3.03. The molecule has 0 rings (SSSR count). The molecule has 0 aliphatic rings. The maximum absolute atomic E-state index is 9.01. The van der Waals surface area contributed by atoms with Crippen molar-refractivity contribution in [2.24, 2.45) is 0 Å². The molecule has 0 fully saturated rings. The third-order valence-electron chi connectivity index (χ3n) is 0.967. The number of aliphatic hydroxyl groups is 1. The molecule has 62 valence electrons. The molecule has 0 aromatic heterocycles. The molecule has 1 N–H and O–H groups in total. The molecule has 0 bridgehead atoms. The van der Waals surface area contributed by atoms with Crippen LogP contribution in [0.5, 0.6) is 0 Å². The molecular weight excluding hydrogens is 196 g/mol. The summed E-state index contributed by atoms with van der Waals surface area (Å²) >= 11 is 16.4. The molecule has 2 nitrogen and oxygen atoms in total. The van der Waals surface area contributed by atoms with Gasteiger partial charge < -0.3 is 9.59 Å². The fourth-order valence-electron chi connectivity index (χ4n) is 0.466. The van der Waals surface area contributed by atoms with Crippen LogP contribution < -0.4 is 0 Å². The Morgan fingerprint density at radius 1 is 1.30 bits per heavy atom. The zero-order valence-electron chi connectivity index (χ0n) is 6.11. The Morgan fingerprint density at radius 3 is 1.60 bits per heavy atom. The lowest BCUT2D eigenvalue weighted by Gasteiger charge is -2.33. The fourth-order valence-corrected chi connectivity index (χ4v) is 1.05. The lowest BCUT2D eigenvalue weighted by molar-refractivity contribution is -0.885. The summed E-state index contributed by atoms with van der Waals surface area (Å²) in [5.41, 5.74) is -0.740. The van der Waals surface area contributed by atoms with Gasteiger partial charge in [0.2, 0.25) is 5.50 Å². The van der Waals surface area contributed by atoms with Crippen molar-refractivity contribution in [3.05, 3.63) is 0 Å². The summed E-state index contributed by atoms with van der Waals surface area (Å²) in [5.74, 6) is 0. The molecule has 0 radical (unpaired) electrons. The van der Waals surface area contributed by atoms with Crippen LogP contribution in [0, 0.1) is 0 Å².